The molecule has 0 saturated carbocycles. The number of amides is 2. The second-order valence-corrected chi connectivity index (χ2v) is 6.67. The second-order valence-electron chi connectivity index (χ2n) is 6.67. The SMILES string of the molecule is C/C(=N\NC(=O)CNC(=O)[C@@H]1COc2ccccc2O1)c1ccc2c(c1)OCCO2. The number of hydrogen-bond donors (Lipinski definition) is 2. The normalized spacial score (nSPS) is 17.1. The lowest BCUT2D eigenvalue weighted by atomic mass is 10.1. The quantitative estimate of drug-likeness (QED) is 0.567. The third-order valence-electron chi connectivity index (χ3n) is 4.53. The summed E-state index contributed by atoms with van der Waals surface area (Å²) in [7, 11) is 0. The molecule has 0 spiro atoms. The number of carbonyl (C=O) groups is 2. The fourth-order valence-corrected chi connectivity index (χ4v) is 2.95. The average Bonchev–Trinajstić information content (AvgIpc) is 2.80. The van der Waals surface area contributed by atoms with Crippen molar-refractivity contribution in [3.8, 4) is 23.0 Å². The molecule has 0 fully saturated rings. The summed E-state index contributed by atoms with van der Waals surface area (Å²) in [6.07, 6.45) is -0.823. The van der Waals surface area contributed by atoms with Gasteiger partial charge < -0.3 is 24.3 Å². The van der Waals surface area contributed by atoms with Gasteiger partial charge in [-0.25, -0.2) is 5.43 Å². The van der Waals surface area contributed by atoms with Crippen molar-refractivity contribution >= 4 is 17.5 Å². The van der Waals surface area contributed by atoms with E-state index in [0.717, 1.165) is 5.56 Å². The number of ether oxygens (including phenoxy) is 4. The highest BCUT2D eigenvalue weighted by molar-refractivity contribution is 6.00. The van der Waals surface area contributed by atoms with Crippen LogP contribution in [0.1, 0.15) is 12.5 Å². The first-order valence-corrected chi connectivity index (χ1v) is 9.49. The number of nitrogens with zero attached hydrogens (tertiary/aromatic N) is 1. The van der Waals surface area contributed by atoms with Gasteiger partial charge in [0, 0.05) is 5.56 Å². The highest BCUT2D eigenvalue weighted by atomic mass is 16.6. The van der Waals surface area contributed by atoms with E-state index in [1.54, 1.807) is 37.3 Å². The van der Waals surface area contributed by atoms with Gasteiger partial charge in [-0.05, 0) is 37.3 Å². The zero-order valence-electron chi connectivity index (χ0n) is 16.3. The van der Waals surface area contributed by atoms with E-state index in [4.69, 9.17) is 18.9 Å². The van der Waals surface area contributed by atoms with Crippen LogP contribution in [0.2, 0.25) is 0 Å². The van der Waals surface area contributed by atoms with Gasteiger partial charge >= 0.3 is 0 Å². The maximum Gasteiger partial charge on any atom is 0.265 e. The van der Waals surface area contributed by atoms with Crippen LogP contribution in [0.25, 0.3) is 0 Å². The molecule has 0 bridgehead atoms. The number of benzene rings is 2. The molecule has 30 heavy (non-hydrogen) atoms. The number of para-hydroxylation sites is 2. The summed E-state index contributed by atoms with van der Waals surface area (Å²) < 4.78 is 22.1. The van der Waals surface area contributed by atoms with Gasteiger partial charge in [0.05, 0.1) is 12.3 Å². The Morgan fingerprint density at radius 3 is 2.57 bits per heavy atom. The lowest BCUT2D eigenvalue weighted by Crippen LogP contribution is -2.46. The molecule has 2 aromatic carbocycles. The van der Waals surface area contributed by atoms with E-state index in [-0.39, 0.29) is 13.2 Å². The highest BCUT2D eigenvalue weighted by Gasteiger charge is 2.27. The third-order valence-corrected chi connectivity index (χ3v) is 4.53. The smallest absolute Gasteiger partial charge is 0.265 e. The summed E-state index contributed by atoms with van der Waals surface area (Å²) in [5, 5.41) is 6.60. The zero-order chi connectivity index (χ0) is 20.9. The summed E-state index contributed by atoms with van der Waals surface area (Å²) in [6.45, 7) is 2.61. The van der Waals surface area contributed by atoms with Crippen LogP contribution in [-0.4, -0.2) is 50.0 Å². The lowest BCUT2D eigenvalue weighted by Gasteiger charge is -2.25. The molecule has 0 unspecified atom stereocenters. The molecule has 2 N–H and O–H groups in total. The first kappa shape index (κ1) is 19.6. The van der Waals surface area contributed by atoms with Gasteiger partial charge in [-0.2, -0.15) is 5.10 Å². The maximum atomic E-state index is 12.3. The molecule has 0 saturated heterocycles. The van der Waals surface area contributed by atoms with E-state index in [2.05, 4.69) is 15.8 Å². The number of fused-ring (bicyclic) bond motifs is 2. The molecule has 4 rings (SSSR count). The molecule has 1 atom stereocenters. The molecule has 9 heteroatoms. The van der Waals surface area contributed by atoms with E-state index in [1.807, 2.05) is 12.1 Å². The van der Waals surface area contributed by atoms with E-state index in [0.29, 0.717) is 41.9 Å². The van der Waals surface area contributed by atoms with Crippen LogP contribution in [0.15, 0.2) is 47.6 Å². The van der Waals surface area contributed by atoms with Crippen LogP contribution in [0.5, 0.6) is 23.0 Å². The number of hydrazone groups is 1. The first-order valence-electron chi connectivity index (χ1n) is 9.49. The molecule has 156 valence electrons. The third kappa shape index (κ3) is 4.45. The van der Waals surface area contributed by atoms with Crippen molar-refractivity contribution in [2.75, 3.05) is 26.4 Å². The van der Waals surface area contributed by atoms with Gasteiger partial charge in [-0.3, -0.25) is 9.59 Å². The minimum atomic E-state index is -0.823. The van der Waals surface area contributed by atoms with Crippen molar-refractivity contribution in [1.82, 2.24) is 10.7 Å². The Balaban J connectivity index is 1.27. The largest absolute Gasteiger partial charge is 0.486 e. The van der Waals surface area contributed by atoms with Gasteiger partial charge in [-0.1, -0.05) is 12.1 Å². The van der Waals surface area contributed by atoms with Gasteiger partial charge in [0.15, 0.2) is 23.0 Å². The fraction of sp³-hybridized carbons (Fsp3) is 0.286. The highest BCUT2D eigenvalue weighted by Crippen LogP contribution is 2.31. The predicted molar refractivity (Wildman–Crippen MR) is 107 cm³/mol. The summed E-state index contributed by atoms with van der Waals surface area (Å²) in [4.78, 5) is 24.3. The molecular weight excluding hydrogens is 390 g/mol. The minimum Gasteiger partial charge on any atom is -0.486 e. The second kappa shape index (κ2) is 8.73. The fourth-order valence-electron chi connectivity index (χ4n) is 2.95. The van der Waals surface area contributed by atoms with Crippen molar-refractivity contribution in [3.63, 3.8) is 0 Å². The van der Waals surface area contributed by atoms with Crippen molar-refractivity contribution in [2.24, 2.45) is 5.10 Å². The monoisotopic (exact) mass is 411 g/mol. The van der Waals surface area contributed by atoms with E-state index in [9.17, 15) is 9.59 Å². The van der Waals surface area contributed by atoms with Crippen LogP contribution in [0.3, 0.4) is 0 Å². The zero-order valence-corrected chi connectivity index (χ0v) is 16.3. The van der Waals surface area contributed by atoms with Crippen LogP contribution in [0, 0.1) is 0 Å². The Hall–Kier alpha value is -3.75. The number of carbonyl (C=O) groups excluding carboxylic acids is 2. The van der Waals surface area contributed by atoms with Crippen LogP contribution in [-0.2, 0) is 9.59 Å². The molecule has 2 aliphatic rings. The Morgan fingerprint density at radius 2 is 1.73 bits per heavy atom. The van der Waals surface area contributed by atoms with Crippen molar-refractivity contribution in [3.05, 3.63) is 48.0 Å². The molecule has 2 aromatic rings. The Kier molecular flexibility index (Phi) is 5.69. The van der Waals surface area contributed by atoms with E-state index < -0.39 is 17.9 Å². The Bertz CT molecular complexity index is 990. The average molecular weight is 411 g/mol. The van der Waals surface area contributed by atoms with Gasteiger partial charge in [-0.15, -0.1) is 0 Å². The maximum absolute atomic E-state index is 12.3. The van der Waals surface area contributed by atoms with Gasteiger partial charge in [0.1, 0.15) is 19.8 Å². The molecule has 0 aliphatic carbocycles. The number of rotatable bonds is 5. The summed E-state index contributed by atoms with van der Waals surface area (Å²) in [5.74, 6) is 1.50. The Labute approximate surface area is 173 Å². The molecule has 0 radical (unpaired) electrons. The van der Waals surface area contributed by atoms with Crippen LogP contribution >= 0.6 is 0 Å². The predicted octanol–water partition coefficient (Wildman–Crippen LogP) is 1.25. The molecular formula is C21H21N3O6. The first-order chi connectivity index (χ1) is 14.6. The number of nitrogens with one attached hydrogen (secondary N) is 2. The van der Waals surface area contributed by atoms with E-state index in [1.165, 1.54) is 0 Å². The summed E-state index contributed by atoms with van der Waals surface area (Å²) >= 11 is 0. The topological polar surface area (TPSA) is 107 Å². The minimum absolute atomic E-state index is 0.0752. The van der Waals surface area contributed by atoms with Crippen molar-refractivity contribution in [2.45, 2.75) is 13.0 Å². The van der Waals surface area contributed by atoms with Crippen molar-refractivity contribution < 1.29 is 28.5 Å². The van der Waals surface area contributed by atoms with Crippen LogP contribution in [0.4, 0.5) is 0 Å². The van der Waals surface area contributed by atoms with E-state index >= 15 is 0 Å². The molecule has 0 aromatic heterocycles. The molecule has 9 nitrogen and oxygen atoms in total. The van der Waals surface area contributed by atoms with Crippen molar-refractivity contribution in [1.29, 1.82) is 0 Å². The van der Waals surface area contributed by atoms with Crippen LogP contribution < -0.4 is 29.7 Å². The van der Waals surface area contributed by atoms with Gasteiger partial charge in [0.2, 0.25) is 6.10 Å². The van der Waals surface area contributed by atoms with Gasteiger partial charge in [0.25, 0.3) is 11.8 Å². The molecule has 2 aliphatic heterocycles. The lowest BCUT2D eigenvalue weighted by molar-refractivity contribution is -0.132. The Morgan fingerprint density at radius 1 is 1.00 bits per heavy atom. The summed E-state index contributed by atoms with van der Waals surface area (Å²) in [6, 6.07) is 12.5. The molecule has 2 heterocycles. The summed E-state index contributed by atoms with van der Waals surface area (Å²) in [5.41, 5.74) is 3.80. The molecule has 2 amide bonds. The number of hydrogen-bond acceptors (Lipinski definition) is 7. The standard InChI is InChI=1S/C21H21N3O6/c1-13(14-6-7-16-18(10-14)28-9-8-27-16)23-24-20(25)11-22-21(26)19-12-29-15-4-2-3-5-17(15)30-19/h2-7,10,19H,8-9,11-12H2,1H3,(H,22,26)(H,24,25)/b23-13+/t19-/m0/s1.